The van der Waals surface area contributed by atoms with Gasteiger partial charge in [-0.1, -0.05) is 53.2 Å². The number of esters is 1. The van der Waals surface area contributed by atoms with E-state index in [1.165, 1.54) is 11.4 Å². The van der Waals surface area contributed by atoms with Gasteiger partial charge in [-0.15, -0.1) is 0 Å². The number of nitrogens with zero attached hydrogens (tertiary/aromatic N) is 1. The first-order valence-corrected chi connectivity index (χ1v) is 12.3. The SMILES string of the molecule is CC[C@H](C)[C@@H](NC(=O)C1CCN(S(=O)(=O)c2ccc(C(C)(C)C)cc2)CC1)C(=O)OC. The van der Waals surface area contributed by atoms with E-state index in [4.69, 9.17) is 4.74 Å². The number of rotatable bonds is 7. The molecule has 1 N–H and O–H groups in total. The Bertz CT molecular complexity index is 866. The van der Waals surface area contributed by atoms with E-state index in [9.17, 15) is 18.0 Å². The van der Waals surface area contributed by atoms with Crippen molar-refractivity contribution in [1.82, 2.24) is 9.62 Å². The van der Waals surface area contributed by atoms with Crippen molar-refractivity contribution in [2.24, 2.45) is 11.8 Å². The number of hydrogen-bond acceptors (Lipinski definition) is 5. The van der Waals surface area contributed by atoms with E-state index in [1.54, 1.807) is 12.1 Å². The zero-order valence-electron chi connectivity index (χ0n) is 19.5. The van der Waals surface area contributed by atoms with Crippen LogP contribution in [0.3, 0.4) is 0 Å². The third kappa shape index (κ3) is 6.07. The number of piperidine rings is 1. The molecule has 2 rings (SSSR count). The minimum absolute atomic E-state index is 0.0482. The predicted molar refractivity (Wildman–Crippen MR) is 120 cm³/mol. The predicted octanol–water partition coefficient (Wildman–Crippen LogP) is 3.09. The maximum atomic E-state index is 13.0. The number of hydrogen-bond donors (Lipinski definition) is 1. The third-order valence-electron chi connectivity index (χ3n) is 6.15. The molecule has 0 unspecified atom stereocenters. The van der Waals surface area contributed by atoms with Crippen LogP contribution in [0, 0.1) is 11.8 Å². The first-order valence-electron chi connectivity index (χ1n) is 10.9. The van der Waals surface area contributed by atoms with Gasteiger partial charge in [0.2, 0.25) is 15.9 Å². The molecule has 7 nitrogen and oxygen atoms in total. The number of methoxy groups -OCH3 is 1. The maximum Gasteiger partial charge on any atom is 0.328 e. The molecule has 1 aromatic rings. The van der Waals surface area contributed by atoms with Gasteiger partial charge in [0.15, 0.2) is 0 Å². The van der Waals surface area contributed by atoms with Gasteiger partial charge in [-0.25, -0.2) is 13.2 Å². The van der Waals surface area contributed by atoms with Gasteiger partial charge in [0.05, 0.1) is 12.0 Å². The number of benzene rings is 1. The van der Waals surface area contributed by atoms with Crippen LogP contribution in [0.25, 0.3) is 0 Å². The highest BCUT2D eigenvalue weighted by Gasteiger charge is 2.34. The molecule has 2 atom stereocenters. The van der Waals surface area contributed by atoms with E-state index >= 15 is 0 Å². The van der Waals surface area contributed by atoms with Crippen LogP contribution in [0.1, 0.15) is 59.4 Å². The summed E-state index contributed by atoms with van der Waals surface area (Å²) in [6.07, 6.45) is 1.56. The van der Waals surface area contributed by atoms with Crippen LogP contribution >= 0.6 is 0 Å². The molecular weight excluding hydrogens is 416 g/mol. The molecule has 1 fully saturated rings. The molecule has 1 aliphatic heterocycles. The van der Waals surface area contributed by atoms with Crippen molar-refractivity contribution in [2.75, 3.05) is 20.2 Å². The second kappa shape index (κ2) is 10.1. The Hall–Kier alpha value is -1.93. The normalized spacial score (nSPS) is 18.3. The first-order chi connectivity index (χ1) is 14.4. The number of sulfonamides is 1. The molecule has 0 spiro atoms. The third-order valence-corrected chi connectivity index (χ3v) is 8.06. The summed E-state index contributed by atoms with van der Waals surface area (Å²) in [6.45, 7) is 10.6. The van der Waals surface area contributed by atoms with Gasteiger partial charge in [-0.3, -0.25) is 4.79 Å². The van der Waals surface area contributed by atoms with Crippen LogP contribution < -0.4 is 5.32 Å². The van der Waals surface area contributed by atoms with E-state index in [0.717, 1.165) is 12.0 Å². The van der Waals surface area contributed by atoms with E-state index in [0.29, 0.717) is 12.8 Å². The van der Waals surface area contributed by atoms with Crippen LogP contribution in [0.15, 0.2) is 29.2 Å². The topological polar surface area (TPSA) is 92.8 Å². The van der Waals surface area contributed by atoms with Gasteiger partial charge >= 0.3 is 5.97 Å². The molecule has 1 aromatic carbocycles. The van der Waals surface area contributed by atoms with Crippen molar-refractivity contribution in [3.05, 3.63) is 29.8 Å². The van der Waals surface area contributed by atoms with Gasteiger partial charge in [0, 0.05) is 19.0 Å². The van der Waals surface area contributed by atoms with Gasteiger partial charge < -0.3 is 10.1 Å². The van der Waals surface area contributed by atoms with Gasteiger partial charge in [-0.05, 0) is 41.9 Å². The van der Waals surface area contributed by atoms with Crippen LogP contribution in [0.2, 0.25) is 0 Å². The summed E-state index contributed by atoms with van der Waals surface area (Å²) in [7, 11) is -2.30. The highest BCUT2D eigenvalue weighted by atomic mass is 32.2. The summed E-state index contributed by atoms with van der Waals surface area (Å²) in [5.41, 5.74) is 1.02. The summed E-state index contributed by atoms with van der Waals surface area (Å²) >= 11 is 0. The Balaban J connectivity index is 2.02. The molecule has 0 radical (unpaired) electrons. The second-order valence-corrected chi connectivity index (χ2v) is 11.3. The van der Waals surface area contributed by atoms with E-state index in [2.05, 4.69) is 26.1 Å². The van der Waals surface area contributed by atoms with Crippen LogP contribution in [-0.2, 0) is 29.8 Å². The molecule has 1 saturated heterocycles. The van der Waals surface area contributed by atoms with Crippen molar-refractivity contribution in [3.63, 3.8) is 0 Å². The molecule has 1 aliphatic rings. The van der Waals surface area contributed by atoms with E-state index in [1.807, 2.05) is 26.0 Å². The number of carbonyl (C=O) groups excluding carboxylic acids is 2. The van der Waals surface area contributed by atoms with Crippen LogP contribution in [-0.4, -0.2) is 50.8 Å². The Labute approximate surface area is 186 Å². The number of carbonyl (C=O) groups is 2. The lowest BCUT2D eigenvalue weighted by molar-refractivity contribution is -0.147. The van der Waals surface area contributed by atoms with Crippen LogP contribution in [0.4, 0.5) is 0 Å². The number of amides is 1. The lowest BCUT2D eigenvalue weighted by Crippen LogP contribution is -2.50. The molecule has 174 valence electrons. The summed E-state index contributed by atoms with van der Waals surface area (Å²) < 4.78 is 32.3. The van der Waals surface area contributed by atoms with Crippen molar-refractivity contribution < 1.29 is 22.7 Å². The number of nitrogens with one attached hydrogen (secondary N) is 1. The average molecular weight is 453 g/mol. The minimum Gasteiger partial charge on any atom is -0.467 e. The van der Waals surface area contributed by atoms with Crippen molar-refractivity contribution in [2.45, 2.75) is 70.2 Å². The fraction of sp³-hybridized carbons (Fsp3) is 0.652. The molecule has 1 amide bonds. The Morgan fingerprint density at radius 3 is 2.16 bits per heavy atom. The molecule has 31 heavy (non-hydrogen) atoms. The molecule has 1 heterocycles. The van der Waals surface area contributed by atoms with E-state index in [-0.39, 0.29) is 41.1 Å². The first kappa shape index (κ1) is 25.3. The summed E-state index contributed by atoms with van der Waals surface area (Å²) in [4.78, 5) is 25.0. The summed E-state index contributed by atoms with van der Waals surface area (Å²) in [5, 5.41) is 2.81. The fourth-order valence-corrected chi connectivity index (χ4v) is 5.17. The highest BCUT2D eigenvalue weighted by Crippen LogP contribution is 2.27. The fourth-order valence-electron chi connectivity index (χ4n) is 3.70. The molecule has 0 saturated carbocycles. The van der Waals surface area contributed by atoms with E-state index < -0.39 is 22.0 Å². The monoisotopic (exact) mass is 452 g/mol. The second-order valence-electron chi connectivity index (χ2n) is 9.35. The van der Waals surface area contributed by atoms with Crippen molar-refractivity contribution in [1.29, 1.82) is 0 Å². The minimum atomic E-state index is -3.60. The molecule has 8 heteroatoms. The van der Waals surface area contributed by atoms with Gasteiger partial charge in [0.1, 0.15) is 6.04 Å². The lowest BCUT2D eigenvalue weighted by atomic mass is 9.87. The summed E-state index contributed by atoms with van der Waals surface area (Å²) in [6, 6.07) is 6.33. The molecule has 0 bridgehead atoms. The van der Waals surface area contributed by atoms with Crippen molar-refractivity contribution >= 4 is 21.9 Å². The Morgan fingerprint density at radius 2 is 1.71 bits per heavy atom. The highest BCUT2D eigenvalue weighted by molar-refractivity contribution is 7.89. The zero-order valence-corrected chi connectivity index (χ0v) is 20.3. The smallest absolute Gasteiger partial charge is 0.328 e. The Morgan fingerprint density at radius 1 is 1.16 bits per heavy atom. The number of ether oxygens (including phenoxy) is 1. The van der Waals surface area contributed by atoms with Gasteiger partial charge in [0.25, 0.3) is 0 Å². The maximum absolute atomic E-state index is 13.0. The molecular formula is C23H36N2O5S. The lowest BCUT2D eigenvalue weighted by Gasteiger charge is -2.32. The largest absolute Gasteiger partial charge is 0.467 e. The van der Waals surface area contributed by atoms with Gasteiger partial charge in [-0.2, -0.15) is 4.31 Å². The zero-order chi connectivity index (χ0) is 23.4. The average Bonchev–Trinajstić information content (AvgIpc) is 2.75. The Kier molecular flexibility index (Phi) is 8.27. The molecule has 0 aromatic heterocycles. The van der Waals surface area contributed by atoms with Crippen molar-refractivity contribution in [3.8, 4) is 0 Å². The standard InChI is InChI=1S/C23H36N2O5S/c1-7-16(2)20(22(27)30-6)24-21(26)17-12-14-25(15-13-17)31(28,29)19-10-8-18(9-11-19)23(3,4)5/h8-11,16-17,20H,7,12-15H2,1-6H3,(H,24,26)/t16-,20+/m0/s1. The quantitative estimate of drug-likeness (QED) is 0.642. The summed E-state index contributed by atoms with van der Waals surface area (Å²) in [5.74, 6) is -1.05. The van der Waals surface area contributed by atoms with Crippen LogP contribution in [0.5, 0.6) is 0 Å². The molecule has 0 aliphatic carbocycles.